The van der Waals surface area contributed by atoms with Crippen LogP contribution in [0.1, 0.15) is 296 Å². The van der Waals surface area contributed by atoms with Gasteiger partial charge in [-0.15, -0.1) is 0 Å². The molecule has 0 aromatic heterocycles. The van der Waals surface area contributed by atoms with E-state index in [2.05, 4.69) is 79.9 Å². The molecule has 75 heavy (non-hydrogen) atoms. The zero-order valence-corrected chi connectivity index (χ0v) is 48.8. The van der Waals surface area contributed by atoms with E-state index in [0.29, 0.717) is 12.8 Å². The van der Waals surface area contributed by atoms with Crippen LogP contribution in [0.25, 0.3) is 0 Å². The molecule has 7 atom stereocenters. The number of hydrogen-bond donors (Lipinski definition) is 6. The zero-order valence-electron chi connectivity index (χ0n) is 48.8. The Morgan fingerprint density at radius 2 is 0.827 bits per heavy atom. The average molecular weight is 1060 g/mol. The Labute approximate surface area is 462 Å². The molecule has 0 aliphatic carbocycles. The van der Waals surface area contributed by atoms with Crippen molar-refractivity contribution in [3.63, 3.8) is 0 Å². The van der Waals surface area contributed by atoms with Gasteiger partial charge in [0.1, 0.15) is 24.4 Å². The monoisotopic (exact) mass is 1060 g/mol. The molecule has 0 aromatic carbocycles. The Bertz CT molecular complexity index is 1360. The van der Waals surface area contributed by atoms with Gasteiger partial charge >= 0.3 is 0 Å². The molecular formula is C66H121NO8. The van der Waals surface area contributed by atoms with Gasteiger partial charge in [0, 0.05) is 6.42 Å². The molecule has 1 rings (SSSR count). The normalized spacial score (nSPS) is 19.3. The molecule has 0 radical (unpaired) electrons. The number of carbonyl (C=O) groups is 1. The Hall–Kier alpha value is -2.11. The van der Waals surface area contributed by atoms with Crippen LogP contribution >= 0.6 is 0 Å². The van der Waals surface area contributed by atoms with E-state index in [4.69, 9.17) is 9.47 Å². The summed E-state index contributed by atoms with van der Waals surface area (Å²) in [6.07, 6.45) is 68.5. The second-order valence-electron chi connectivity index (χ2n) is 22.2. The summed E-state index contributed by atoms with van der Waals surface area (Å²) in [5.74, 6) is -0.140. The van der Waals surface area contributed by atoms with Crippen molar-refractivity contribution in [1.82, 2.24) is 5.32 Å². The van der Waals surface area contributed by atoms with E-state index >= 15 is 0 Å². The minimum Gasteiger partial charge on any atom is -0.394 e. The molecule has 0 aromatic rings. The number of nitrogens with one attached hydrogen (secondary N) is 1. The van der Waals surface area contributed by atoms with Crippen molar-refractivity contribution in [2.75, 3.05) is 13.2 Å². The molecule has 1 aliphatic rings. The second kappa shape index (κ2) is 55.2. The molecule has 1 saturated heterocycles. The zero-order chi connectivity index (χ0) is 54.3. The number of aliphatic hydroxyl groups excluding tert-OH is 5. The fourth-order valence-electron chi connectivity index (χ4n) is 10.1. The van der Waals surface area contributed by atoms with Gasteiger partial charge in [-0.1, -0.05) is 293 Å². The number of rotatable bonds is 55. The van der Waals surface area contributed by atoms with Crippen molar-refractivity contribution in [3.8, 4) is 0 Å². The van der Waals surface area contributed by atoms with Crippen molar-refractivity contribution in [2.24, 2.45) is 0 Å². The molecule has 7 unspecified atom stereocenters. The molecule has 1 amide bonds. The van der Waals surface area contributed by atoms with Crippen molar-refractivity contribution >= 4 is 5.91 Å². The predicted molar refractivity (Wildman–Crippen MR) is 318 cm³/mol. The Kier molecular flexibility index (Phi) is 52.2. The number of unbranched alkanes of at least 4 members (excludes halogenated alkanes) is 35. The lowest BCUT2D eigenvalue weighted by molar-refractivity contribution is -0.302. The van der Waals surface area contributed by atoms with Gasteiger partial charge in [0.15, 0.2) is 6.29 Å². The van der Waals surface area contributed by atoms with Crippen LogP contribution in [0.3, 0.4) is 0 Å². The molecule has 1 heterocycles. The standard InChI is InChI=1S/C66H121NO8/c1-3-5-7-9-11-13-15-17-19-20-21-22-23-24-25-26-27-28-29-30-31-32-33-34-35-36-37-38-39-40-42-44-46-48-50-52-54-56-62(70)67-59(58-74-66-65(73)64(72)63(71)61(57-68)75-66)60(69)55-53-51-49-47-45-43-41-18-16-14-12-10-8-6-4-2/h5,7,11,13,17,19,21-22,24-25,59-61,63-66,68-69,71-73H,3-4,6,8-10,12,14-16,18,20,23,26-58H2,1-2H3,(H,67,70)/b7-5-,13-11-,19-17-,22-21-,25-24-. The fourth-order valence-corrected chi connectivity index (χ4v) is 10.1. The predicted octanol–water partition coefficient (Wildman–Crippen LogP) is 16.6. The number of ether oxygens (including phenoxy) is 2. The maximum atomic E-state index is 13.1. The summed E-state index contributed by atoms with van der Waals surface area (Å²) >= 11 is 0. The van der Waals surface area contributed by atoms with Crippen LogP contribution in [0.5, 0.6) is 0 Å². The van der Waals surface area contributed by atoms with Crippen LogP contribution in [-0.2, 0) is 14.3 Å². The first-order valence-corrected chi connectivity index (χ1v) is 32.0. The molecule has 0 spiro atoms. The quantitative estimate of drug-likeness (QED) is 0.0261. The summed E-state index contributed by atoms with van der Waals surface area (Å²) < 4.78 is 11.3. The highest BCUT2D eigenvalue weighted by Gasteiger charge is 2.44. The highest BCUT2D eigenvalue weighted by molar-refractivity contribution is 5.76. The van der Waals surface area contributed by atoms with Crippen molar-refractivity contribution < 1.29 is 39.8 Å². The summed E-state index contributed by atoms with van der Waals surface area (Å²) in [5, 5.41) is 54.7. The van der Waals surface area contributed by atoms with Gasteiger partial charge in [0.2, 0.25) is 5.91 Å². The van der Waals surface area contributed by atoms with Crippen molar-refractivity contribution in [2.45, 2.75) is 339 Å². The average Bonchev–Trinajstić information content (AvgIpc) is 3.41. The Balaban J connectivity index is 2.06. The van der Waals surface area contributed by atoms with Crippen LogP contribution in [0.15, 0.2) is 60.8 Å². The highest BCUT2D eigenvalue weighted by Crippen LogP contribution is 2.23. The highest BCUT2D eigenvalue weighted by atomic mass is 16.7. The Morgan fingerprint density at radius 3 is 1.23 bits per heavy atom. The number of hydrogen-bond acceptors (Lipinski definition) is 8. The van der Waals surface area contributed by atoms with Gasteiger partial charge in [0.05, 0.1) is 25.4 Å². The third kappa shape index (κ3) is 44.4. The summed E-state index contributed by atoms with van der Waals surface area (Å²) in [7, 11) is 0. The molecule has 1 fully saturated rings. The van der Waals surface area contributed by atoms with Gasteiger partial charge in [-0.2, -0.15) is 0 Å². The van der Waals surface area contributed by atoms with Crippen LogP contribution in [0.4, 0.5) is 0 Å². The number of amides is 1. The first kappa shape index (κ1) is 70.9. The lowest BCUT2D eigenvalue weighted by Crippen LogP contribution is -2.60. The van der Waals surface area contributed by atoms with Crippen molar-refractivity contribution in [1.29, 1.82) is 0 Å². The topological polar surface area (TPSA) is 149 Å². The molecule has 9 heteroatoms. The summed E-state index contributed by atoms with van der Waals surface area (Å²) in [5.41, 5.74) is 0. The van der Waals surface area contributed by atoms with Crippen LogP contribution in [0.2, 0.25) is 0 Å². The summed E-state index contributed by atoms with van der Waals surface area (Å²) in [6.45, 7) is 3.75. The SMILES string of the molecule is CC/C=C\C/C=C\C/C=C\C/C=C\C/C=C\CCCCCCCCCCCCCCCCCCCCCCCC(=O)NC(COC1OC(CO)C(O)C(O)C1O)C(O)CCCCCCCCCCCCCCCCC. The van der Waals surface area contributed by atoms with E-state index in [-0.39, 0.29) is 12.5 Å². The van der Waals surface area contributed by atoms with Crippen molar-refractivity contribution in [3.05, 3.63) is 60.8 Å². The Morgan fingerprint density at radius 1 is 0.467 bits per heavy atom. The molecule has 0 saturated carbocycles. The number of allylic oxidation sites excluding steroid dienone is 10. The molecule has 6 N–H and O–H groups in total. The molecule has 438 valence electrons. The molecule has 1 aliphatic heterocycles. The lowest BCUT2D eigenvalue weighted by Gasteiger charge is -2.40. The van der Waals surface area contributed by atoms with Gasteiger partial charge in [0.25, 0.3) is 0 Å². The lowest BCUT2D eigenvalue weighted by atomic mass is 9.99. The third-order valence-electron chi connectivity index (χ3n) is 15.1. The first-order valence-electron chi connectivity index (χ1n) is 32.0. The van der Waals surface area contributed by atoms with E-state index in [1.54, 1.807) is 0 Å². The van der Waals surface area contributed by atoms with Crippen LogP contribution in [0, 0.1) is 0 Å². The molecular weight excluding hydrogens is 935 g/mol. The van der Waals surface area contributed by atoms with E-state index in [9.17, 15) is 30.3 Å². The van der Waals surface area contributed by atoms with Gasteiger partial charge in [-0.05, 0) is 57.8 Å². The largest absolute Gasteiger partial charge is 0.394 e. The van der Waals surface area contributed by atoms with E-state index in [1.807, 2.05) is 0 Å². The molecule has 9 nitrogen and oxygen atoms in total. The fraction of sp³-hybridized carbons (Fsp3) is 0.833. The van der Waals surface area contributed by atoms with E-state index < -0.39 is 49.5 Å². The first-order chi connectivity index (χ1) is 36.8. The minimum atomic E-state index is -1.55. The summed E-state index contributed by atoms with van der Waals surface area (Å²) in [4.78, 5) is 13.1. The maximum absolute atomic E-state index is 13.1. The maximum Gasteiger partial charge on any atom is 0.220 e. The minimum absolute atomic E-state index is 0.135. The third-order valence-corrected chi connectivity index (χ3v) is 15.1. The number of carbonyl (C=O) groups excluding carboxylic acids is 1. The van der Waals surface area contributed by atoms with Crippen LogP contribution in [-0.4, -0.2) is 87.5 Å². The molecule has 0 bridgehead atoms. The van der Waals surface area contributed by atoms with Gasteiger partial charge < -0.3 is 40.3 Å². The van der Waals surface area contributed by atoms with Gasteiger partial charge in [-0.3, -0.25) is 4.79 Å². The van der Waals surface area contributed by atoms with Crippen LogP contribution < -0.4 is 5.32 Å². The number of aliphatic hydroxyl groups is 5. The van der Waals surface area contributed by atoms with Gasteiger partial charge in [-0.25, -0.2) is 0 Å². The second-order valence-corrected chi connectivity index (χ2v) is 22.2. The summed E-state index contributed by atoms with van der Waals surface area (Å²) in [6, 6.07) is -0.718. The van der Waals surface area contributed by atoms with E-state index in [0.717, 1.165) is 70.6 Å². The smallest absolute Gasteiger partial charge is 0.220 e. The van der Waals surface area contributed by atoms with E-state index in [1.165, 1.54) is 199 Å².